The quantitative estimate of drug-likeness (QED) is 0.843. The molecule has 1 aromatic heterocycles. The van der Waals surface area contributed by atoms with E-state index in [1.807, 2.05) is 10.9 Å². The molecule has 6 heteroatoms. The summed E-state index contributed by atoms with van der Waals surface area (Å²) in [6.07, 6.45) is 1.60. The van der Waals surface area contributed by atoms with Crippen LogP contribution in [-0.2, 0) is 11.2 Å². The van der Waals surface area contributed by atoms with Crippen LogP contribution in [0, 0.1) is 5.92 Å². The lowest BCUT2D eigenvalue weighted by Gasteiger charge is -2.04. The first-order valence-corrected chi connectivity index (χ1v) is 5.53. The SMILES string of the molecule is Cl.O=C(O)[C@@H]1C[C@@H](Cc2cscn2)CN1. The van der Waals surface area contributed by atoms with Gasteiger partial charge >= 0.3 is 5.97 Å². The van der Waals surface area contributed by atoms with Crippen LogP contribution in [0.3, 0.4) is 0 Å². The van der Waals surface area contributed by atoms with Crippen molar-refractivity contribution in [1.29, 1.82) is 0 Å². The Morgan fingerprint density at radius 1 is 1.73 bits per heavy atom. The van der Waals surface area contributed by atoms with Gasteiger partial charge in [0.1, 0.15) is 6.04 Å². The zero-order valence-electron chi connectivity index (χ0n) is 8.05. The number of hydrogen-bond acceptors (Lipinski definition) is 4. The minimum Gasteiger partial charge on any atom is -0.480 e. The standard InChI is InChI=1S/C9H12N2O2S.ClH/c12-9(13)8-2-6(3-10-8)1-7-4-14-5-11-7;/h4-6,8,10H,1-3H2,(H,12,13);1H/t6-,8+;/m1./s1. The Morgan fingerprint density at radius 2 is 2.53 bits per heavy atom. The van der Waals surface area contributed by atoms with E-state index in [9.17, 15) is 4.79 Å². The molecule has 0 amide bonds. The summed E-state index contributed by atoms with van der Waals surface area (Å²) in [6.45, 7) is 0.786. The zero-order chi connectivity index (χ0) is 9.97. The Labute approximate surface area is 98.1 Å². The number of carboxylic acid groups (broad SMARTS) is 1. The highest BCUT2D eigenvalue weighted by Crippen LogP contribution is 2.19. The molecule has 0 aromatic carbocycles. The van der Waals surface area contributed by atoms with Gasteiger partial charge in [0.2, 0.25) is 0 Å². The van der Waals surface area contributed by atoms with Crippen LogP contribution in [0.1, 0.15) is 12.1 Å². The van der Waals surface area contributed by atoms with Crippen LogP contribution in [0.4, 0.5) is 0 Å². The van der Waals surface area contributed by atoms with Crippen molar-refractivity contribution in [3.63, 3.8) is 0 Å². The Bertz CT molecular complexity index is 318. The molecule has 1 saturated heterocycles. The second kappa shape index (κ2) is 5.44. The fraction of sp³-hybridized carbons (Fsp3) is 0.556. The fourth-order valence-electron chi connectivity index (χ4n) is 1.79. The highest BCUT2D eigenvalue weighted by molar-refractivity contribution is 7.07. The van der Waals surface area contributed by atoms with Crippen molar-refractivity contribution in [3.05, 3.63) is 16.6 Å². The van der Waals surface area contributed by atoms with Gasteiger partial charge in [0.25, 0.3) is 0 Å². The van der Waals surface area contributed by atoms with Gasteiger partial charge in [0.05, 0.1) is 11.2 Å². The van der Waals surface area contributed by atoms with Gasteiger partial charge in [0.15, 0.2) is 0 Å². The highest BCUT2D eigenvalue weighted by Gasteiger charge is 2.29. The molecule has 0 saturated carbocycles. The van der Waals surface area contributed by atoms with Gasteiger partial charge in [-0.15, -0.1) is 23.7 Å². The molecule has 1 aliphatic rings. The van der Waals surface area contributed by atoms with E-state index in [0.717, 1.165) is 18.7 Å². The number of carbonyl (C=O) groups is 1. The average molecular weight is 249 g/mol. The van der Waals surface area contributed by atoms with Crippen LogP contribution in [-0.4, -0.2) is 28.6 Å². The Kier molecular flexibility index (Phi) is 4.50. The summed E-state index contributed by atoms with van der Waals surface area (Å²) in [5, 5.41) is 13.8. The second-order valence-electron chi connectivity index (χ2n) is 3.58. The maximum absolute atomic E-state index is 10.7. The van der Waals surface area contributed by atoms with Crippen LogP contribution in [0.2, 0.25) is 0 Å². The van der Waals surface area contributed by atoms with Gasteiger partial charge in [-0.1, -0.05) is 0 Å². The lowest BCUT2D eigenvalue weighted by atomic mass is 10.0. The molecule has 0 radical (unpaired) electrons. The molecule has 2 N–H and O–H groups in total. The molecule has 0 aliphatic carbocycles. The maximum Gasteiger partial charge on any atom is 0.320 e. The van der Waals surface area contributed by atoms with E-state index >= 15 is 0 Å². The summed E-state index contributed by atoms with van der Waals surface area (Å²) in [5.74, 6) is -0.330. The molecule has 0 unspecified atom stereocenters. The van der Waals surface area contributed by atoms with E-state index in [4.69, 9.17) is 5.11 Å². The Morgan fingerprint density at radius 3 is 3.07 bits per heavy atom. The largest absolute Gasteiger partial charge is 0.480 e. The first-order valence-electron chi connectivity index (χ1n) is 4.59. The summed E-state index contributed by atoms with van der Waals surface area (Å²) in [5.41, 5.74) is 2.89. The van der Waals surface area contributed by atoms with Crippen molar-refractivity contribution in [2.24, 2.45) is 5.92 Å². The van der Waals surface area contributed by atoms with Crippen molar-refractivity contribution in [2.45, 2.75) is 18.9 Å². The maximum atomic E-state index is 10.7. The minimum absolute atomic E-state index is 0. The summed E-state index contributed by atoms with van der Waals surface area (Å²) in [4.78, 5) is 14.9. The fourth-order valence-corrected chi connectivity index (χ4v) is 2.36. The van der Waals surface area contributed by atoms with Crippen molar-refractivity contribution < 1.29 is 9.90 Å². The number of aliphatic carboxylic acids is 1. The van der Waals surface area contributed by atoms with E-state index < -0.39 is 5.97 Å². The Hall–Kier alpha value is -0.650. The number of hydrogen-bond donors (Lipinski definition) is 2. The van der Waals surface area contributed by atoms with Gasteiger partial charge in [0, 0.05) is 5.38 Å². The summed E-state index contributed by atoms with van der Waals surface area (Å²) < 4.78 is 0. The van der Waals surface area contributed by atoms with Gasteiger partial charge in [-0.05, 0) is 25.3 Å². The molecule has 1 aliphatic heterocycles. The number of thiazole rings is 1. The lowest BCUT2D eigenvalue weighted by Crippen LogP contribution is -2.29. The van der Waals surface area contributed by atoms with E-state index in [-0.39, 0.29) is 18.4 Å². The molecular formula is C9H13ClN2O2S. The number of nitrogens with one attached hydrogen (secondary N) is 1. The number of aromatic nitrogens is 1. The molecular weight excluding hydrogens is 236 g/mol. The monoisotopic (exact) mass is 248 g/mol. The number of rotatable bonds is 3. The van der Waals surface area contributed by atoms with Crippen LogP contribution in [0.15, 0.2) is 10.9 Å². The van der Waals surface area contributed by atoms with Gasteiger partial charge < -0.3 is 10.4 Å². The van der Waals surface area contributed by atoms with Crippen LogP contribution in [0.25, 0.3) is 0 Å². The first-order chi connectivity index (χ1) is 6.75. The molecule has 0 bridgehead atoms. The van der Waals surface area contributed by atoms with Crippen LogP contribution < -0.4 is 5.32 Å². The van der Waals surface area contributed by atoms with Crippen LogP contribution in [0.5, 0.6) is 0 Å². The minimum atomic E-state index is -0.745. The average Bonchev–Trinajstić information content (AvgIpc) is 2.75. The first kappa shape index (κ1) is 12.4. The van der Waals surface area contributed by atoms with Crippen molar-refractivity contribution in [3.8, 4) is 0 Å². The second-order valence-corrected chi connectivity index (χ2v) is 4.30. The lowest BCUT2D eigenvalue weighted by molar-refractivity contribution is -0.139. The number of nitrogens with zero attached hydrogens (tertiary/aromatic N) is 1. The van der Waals surface area contributed by atoms with Crippen molar-refractivity contribution in [2.75, 3.05) is 6.54 Å². The topological polar surface area (TPSA) is 62.2 Å². The number of halogens is 1. The molecule has 0 spiro atoms. The smallest absolute Gasteiger partial charge is 0.320 e. The van der Waals surface area contributed by atoms with Gasteiger partial charge in [-0.25, -0.2) is 4.98 Å². The summed E-state index contributed by atoms with van der Waals surface area (Å²) >= 11 is 1.58. The zero-order valence-corrected chi connectivity index (χ0v) is 9.68. The van der Waals surface area contributed by atoms with Gasteiger partial charge in [-0.2, -0.15) is 0 Å². The van der Waals surface area contributed by atoms with E-state index in [2.05, 4.69) is 10.3 Å². The molecule has 2 rings (SSSR count). The van der Waals surface area contributed by atoms with E-state index in [1.165, 1.54) is 0 Å². The molecule has 84 valence electrons. The molecule has 1 fully saturated rings. The molecule has 2 atom stereocenters. The molecule has 15 heavy (non-hydrogen) atoms. The van der Waals surface area contributed by atoms with E-state index in [0.29, 0.717) is 12.3 Å². The third kappa shape index (κ3) is 3.15. The van der Waals surface area contributed by atoms with Crippen molar-refractivity contribution in [1.82, 2.24) is 10.3 Å². The number of carboxylic acids is 1. The normalized spacial score (nSPS) is 24.8. The van der Waals surface area contributed by atoms with Crippen molar-refractivity contribution >= 4 is 29.7 Å². The predicted molar refractivity (Wildman–Crippen MR) is 60.6 cm³/mol. The third-order valence-electron chi connectivity index (χ3n) is 2.50. The molecule has 2 heterocycles. The third-order valence-corrected chi connectivity index (χ3v) is 3.14. The summed E-state index contributed by atoms with van der Waals surface area (Å²) in [6, 6.07) is -0.362. The van der Waals surface area contributed by atoms with E-state index in [1.54, 1.807) is 11.3 Å². The highest BCUT2D eigenvalue weighted by atomic mass is 35.5. The predicted octanol–water partition coefficient (Wildman–Crippen LogP) is 1.17. The Balaban J connectivity index is 0.00000112. The van der Waals surface area contributed by atoms with Crippen LogP contribution >= 0.6 is 23.7 Å². The molecule has 4 nitrogen and oxygen atoms in total. The van der Waals surface area contributed by atoms with Gasteiger partial charge in [-0.3, -0.25) is 4.79 Å². The molecule has 1 aromatic rings. The summed E-state index contributed by atoms with van der Waals surface area (Å²) in [7, 11) is 0.